The molecule has 0 aromatic heterocycles. The lowest BCUT2D eigenvalue weighted by molar-refractivity contribution is -0.0333. The molecule has 1 heterocycles. The number of ether oxygens (including phenoxy) is 1. The summed E-state index contributed by atoms with van der Waals surface area (Å²) >= 11 is 5.89. The second-order valence-electron chi connectivity index (χ2n) is 4.63. The number of morpholine rings is 1. The average molecular weight is 273 g/mol. The van der Waals surface area contributed by atoms with Gasteiger partial charge in [0.1, 0.15) is 5.82 Å². The molecule has 0 bridgehead atoms. The predicted molar refractivity (Wildman–Crippen MR) is 70.2 cm³/mol. The number of nitrogens with two attached hydrogens (primary N) is 1. The third-order valence-corrected chi connectivity index (χ3v) is 3.42. The normalized spacial score (nSPS) is 23.0. The number of hydrogen-bond donors (Lipinski definition) is 1. The molecule has 0 radical (unpaired) electrons. The van der Waals surface area contributed by atoms with E-state index in [0.717, 1.165) is 18.7 Å². The summed E-state index contributed by atoms with van der Waals surface area (Å²) in [5.74, 6) is -0.322. The van der Waals surface area contributed by atoms with Crippen LogP contribution in [0.2, 0.25) is 5.02 Å². The molecule has 0 saturated carbocycles. The first-order valence-electron chi connectivity index (χ1n) is 6.12. The first kappa shape index (κ1) is 13.7. The topological polar surface area (TPSA) is 38.5 Å². The standard InChI is InChI=1S/C13H18ClFN2O/c1-9-8-17(2-3-18-9)13(7-16)10-4-11(14)6-12(15)5-10/h4-6,9,13H,2-3,7-8,16H2,1H3. The van der Waals surface area contributed by atoms with Crippen LogP contribution in [0.4, 0.5) is 4.39 Å². The zero-order valence-corrected chi connectivity index (χ0v) is 11.2. The maximum atomic E-state index is 13.4. The van der Waals surface area contributed by atoms with Crippen LogP contribution in [0.5, 0.6) is 0 Å². The number of hydrogen-bond acceptors (Lipinski definition) is 3. The molecule has 18 heavy (non-hydrogen) atoms. The van der Waals surface area contributed by atoms with Gasteiger partial charge in [-0.25, -0.2) is 4.39 Å². The van der Waals surface area contributed by atoms with Gasteiger partial charge >= 0.3 is 0 Å². The van der Waals surface area contributed by atoms with E-state index in [0.29, 0.717) is 18.2 Å². The van der Waals surface area contributed by atoms with Gasteiger partial charge in [0, 0.05) is 30.7 Å². The van der Waals surface area contributed by atoms with Gasteiger partial charge in [0.05, 0.1) is 12.7 Å². The van der Waals surface area contributed by atoms with Crippen LogP contribution in [0.15, 0.2) is 18.2 Å². The van der Waals surface area contributed by atoms with Crippen LogP contribution >= 0.6 is 11.6 Å². The second kappa shape index (κ2) is 5.97. The Morgan fingerprint density at radius 1 is 1.56 bits per heavy atom. The molecule has 1 aliphatic rings. The smallest absolute Gasteiger partial charge is 0.125 e. The van der Waals surface area contributed by atoms with E-state index in [4.69, 9.17) is 22.1 Å². The Labute approximate surface area is 112 Å². The molecule has 2 N–H and O–H groups in total. The van der Waals surface area contributed by atoms with Crippen molar-refractivity contribution < 1.29 is 9.13 Å². The Kier molecular flexibility index (Phi) is 4.56. The van der Waals surface area contributed by atoms with Gasteiger partial charge in [-0.3, -0.25) is 4.90 Å². The molecule has 2 unspecified atom stereocenters. The summed E-state index contributed by atoms with van der Waals surface area (Å²) in [7, 11) is 0. The van der Waals surface area contributed by atoms with E-state index in [9.17, 15) is 4.39 Å². The predicted octanol–water partition coefficient (Wildman–Crippen LogP) is 2.20. The molecule has 1 aromatic rings. The fraction of sp³-hybridized carbons (Fsp3) is 0.538. The van der Waals surface area contributed by atoms with E-state index < -0.39 is 0 Å². The highest BCUT2D eigenvalue weighted by molar-refractivity contribution is 6.30. The van der Waals surface area contributed by atoms with Crippen molar-refractivity contribution in [3.63, 3.8) is 0 Å². The quantitative estimate of drug-likeness (QED) is 0.917. The molecule has 1 saturated heterocycles. The number of benzene rings is 1. The first-order valence-corrected chi connectivity index (χ1v) is 6.49. The largest absolute Gasteiger partial charge is 0.376 e. The molecule has 2 rings (SSSR count). The highest BCUT2D eigenvalue weighted by atomic mass is 35.5. The molecule has 0 aliphatic carbocycles. The Hall–Kier alpha value is -0.680. The summed E-state index contributed by atoms with van der Waals surface area (Å²) in [5, 5.41) is 0.407. The van der Waals surface area contributed by atoms with Gasteiger partial charge in [-0.1, -0.05) is 11.6 Å². The van der Waals surface area contributed by atoms with E-state index in [1.165, 1.54) is 12.1 Å². The summed E-state index contributed by atoms with van der Waals surface area (Å²) in [4.78, 5) is 2.22. The Bertz CT molecular complexity index is 396. The maximum Gasteiger partial charge on any atom is 0.125 e. The van der Waals surface area contributed by atoms with Gasteiger partial charge in [-0.15, -0.1) is 0 Å². The van der Waals surface area contributed by atoms with Crippen LogP contribution in [0.25, 0.3) is 0 Å². The molecule has 2 atom stereocenters. The van der Waals surface area contributed by atoms with Gasteiger partial charge in [-0.05, 0) is 30.7 Å². The van der Waals surface area contributed by atoms with Crippen LogP contribution in [0.3, 0.4) is 0 Å². The van der Waals surface area contributed by atoms with Crippen molar-refractivity contribution in [2.24, 2.45) is 5.73 Å². The molecular weight excluding hydrogens is 255 g/mol. The van der Waals surface area contributed by atoms with Crippen molar-refractivity contribution in [3.05, 3.63) is 34.6 Å². The van der Waals surface area contributed by atoms with Gasteiger partial charge in [0.15, 0.2) is 0 Å². The van der Waals surface area contributed by atoms with Gasteiger partial charge in [-0.2, -0.15) is 0 Å². The van der Waals surface area contributed by atoms with E-state index in [1.54, 1.807) is 6.07 Å². The molecule has 100 valence electrons. The lowest BCUT2D eigenvalue weighted by Gasteiger charge is -2.37. The van der Waals surface area contributed by atoms with Crippen molar-refractivity contribution in [2.45, 2.75) is 19.1 Å². The molecule has 0 spiro atoms. The van der Waals surface area contributed by atoms with Crippen molar-refractivity contribution in [3.8, 4) is 0 Å². The van der Waals surface area contributed by atoms with Crippen LogP contribution in [-0.4, -0.2) is 37.2 Å². The fourth-order valence-electron chi connectivity index (χ4n) is 2.39. The monoisotopic (exact) mass is 272 g/mol. The number of rotatable bonds is 3. The Morgan fingerprint density at radius 3 is 2.94 bits per heavy atom. The van der Waals surface area contributed by atoms with Gasteiger partial charge < -0.3 is 10.5 Å². The summed E-state index contributed by atoms with van der Waals surface area (Å²) in [6.07, 6.45) is 0.178. The fourth-order valence-corrected chi connectivity index (χ4v) is 2.62. The first-order chi connectivity index (χ1) is 8.60. The van der Waals surface area contributed by atoms with Gasteiger partial charge in [0.2, 0.25) is 0 Å². The molecule has 3 nitrogen and oxygen atoms in total. The lowest BCUT2D eigenvalue weighted by atomic mass is 10.0. The van der Waals surface area contributed by atoms with Crippen molar-refractivity contribution in [2.75, 3.05) is 26.2 Å². The molecule has 5 heteroatoms. The van der Waals surface area contributed by atoms with E-state index in [1.807, 2.05) is 6.92 Å². The van der Waals surface area contributed by atoms with Crippen LogP contribution in [0.1, 0.15) is 18.5 Å². The zero-order valence-electron chi connectivity index (χ0n) is 10.4. The summed E-state index contributed by atoms with van der Waals surface area (Å²) < 4.78 is 18.9. The Balaban J connectivity index is 2.21. The molecule has 0 amide bonds. The Morgan fingerprint density at radius 2 is 2.33 bits per heavy atom. The number of halogens is 2. The third kappa shape index (κ3) is 3.20. The summed E-state index contributed by atoms with van der Waals surface area (Å²) in [6.45, 7) is 4.75. The third-order valence-electron chi connectivity index (χ3n) is 3.21. The van der Waals surface area contributed by atoms with Crippen LogP contribution < -0.4 is 5.73 Å². The number of nitrogens with zero attached hydrogens (tertiary/aromatic N) is 1. The molecule has 1 fully saturated rings. The maximum absolute atomic E-state index is 13.4. The van der Waals surface area contributed by atoms with E-state index in [2.05, 4.69) is 4.90 Å². The molecular formula is C13H18ClFN2O. The highest BCUT2D eigenvalue weighted by Crippen LogP contribution is 2.25. The van der Waals surface area contributed by atoms with Crippen molar-refractivity contribution in [1.82, 2.24) is 4.90 Å². The van der Waals surface area contributed by atoms with Crippen molar-refractivity contribution in [1.29, 1.82) is 0 Å². The minimum absolute atomic E-state index is 0.00968. The minimum Gasteiger partial charge on any atom is -0.376 e. The molecule has 1 aromatic carbocycles. The van der Waals surface area contributed by atoms with Gasteiger partial charge in [0.25, 0.3) is 0 Å². The van der Waals surface area contributed by atoms with Crippen LogP contribution in [0, 0.1) is 5.82 Å². The summed E-state index contributed by atoms with van der Waals surface area (Å²) in [6, 6.07) is 4.58. The second-order valence-corrected chi connectivity index (χ2v) is 5.07. The lowest BCUT2D eigenvalue weighted by Crippen LogP contribution is -2.45. The van der Waals surface area contributed by atoms with E-state index in [-0.39, 0.29) is 18.0 Å². The average Bonchev–Trinajstić information content (AvgIpc) is 2.28. The van der Waals surface area contributed by atoms with Crippen LogP contribution in [-0.2, 0) is 4.74 Å². The zero-order chi connectivity index (χ0) is 13.1. The summed E-state index contributed by atoms with van der Waals surface area (Å²) in [5.41, 5.74) is 6.66. The molecule has 1 aliphatic heterocycles. The van der Waals surface area contributed by atoms with E-state index >= 15 is 0 Å². The SMILES string of the molecule is CC1CN(C(CN)c2cc(F)cc(Cl)c2)CCO1. The highest BCUT2D eigenvalue weighted by Gasteiger charge is 2.25. The minimum atomic E-state index is -0.322. The van der Waals surface area contributed by atoms with Crippen molar-refractivity contribution >= 4 is 11.6 Å².